The highest BCUT2D eigenvalue weighted by molar-refractivity contribution is 4.91. The van der Waals surface area contributed by atoms with Crippen LogP contribution in [0.1, 0.15) is 80.1 Å². The van der Waals surface area contributed by atoms with Crippen LogP contribution in [0.2, 0.25) is 0 Å². The van der Waals surface area contributed by atoms with Gasteiger partial charge in [-0.15, -0.1) is 0 Å². The minimum absolute atomic E-state index is 0.328. The summed E-state index contributed by atoms with van der Waals surface area (Å²) in [5.41, 5.74) is 0.656. The molecule has 0 aliphatic carbocycles. The van der Waals surface area contributed by atoms with Crippen LogP contribution in [0.15, 0.2) is 0 Å². The van der Waals surface area contributed by atoms with Gasteiger partial charge in [-0.25, -0.2) is 0 Å². The highest BCUT2D eigenvalue weighted by Crippen LogP contribution is 2.25. The molecule has 1 N–H and O–H groups in total. The van der Waals surface area contributed by atoms with E-state index in [0.717, 1.165) is 0 Å². The van der Waals surface area contributed by atoms with Crippen LogP contribution in [0.4, 0.5) is 0 Å². The zero-order valence-corrected chi connectivity index (χ0v) is 11.7. The van der Waals surface area contributed by atoms with Gasteiger partial charge in [0.15, 0.2) is 0 Å². The van der Waals surface area contributed by atoms with Crippen molar-refractivity contribution in [2.45, 2.75) is 91.1 Å². The van der Waals surface area contributed by atoms with Crippen molar-refractivity contribution in [2.24, 2.45) is 0 Å². The van der Waals surface area contributed by atoms with Crippen molar-refractivity contribution in [3.8, 4) is 0 Å². The van der Waals surface area contributed by atoms with Crippen LogP contribution < -0.4 is 5.32 Å². The van der Waals surface area contributed by atoms with E-state index in [2.05, 4.69) is 46.9 Å². The zero-order valence-electron chi connectivity index (χ0n) is 11.7. The third-order valence-corrected chi connectivity index (χ3v) is 3.77. The number of hydrogen-bond donors (Lipinski definition) is 1. The summed E-state index contributed by atoms with van der Waals surface area (Å²) in [5.74, 6) is 0. The Labute approximate surface area is 97.0 Å². The highest BCUT2D eigenvalue weighted by Gasteiger charge is 2.30. The molecule has 2 unspecified atom stereocenters. The van der Waals surface area contributed by atoms with Gasteiger partial charge in [-0.2, -0.15) is 0 Å². The van der Waals surface area contributed by atoms with Gasteiger partial charge in [0.05, 0.1) is 0 Å². The zero-order chi connectivity index (χ0) is 11.9. The Morgan fingerprint density at radius 2 is 1.07 bits per heavy atom. The third-order valence-electron chi connectivity index (χ3n) is 3.77. The molecule has 0 rings (SSSR count). The summed E-state index contributed by atoms with van der Waals surface area (Å²) in [6, 6.07) is 0. The van der Waals surface area contributed by atoms with Crippen LogP contribution in [0.25, 0.3) is 0 Å². The van der Waals surface area contributed by atoms with Crippen molar-refractivity contribution in [1.82, 2.24) is 5.32 Å². The lowest BCUT2D eigenvalue weighted by Gasteiger charge is -2.41. The van der Waals surface area contributed by atoms with Gasteiger partial charge in [0.25, 0.3) is 0 Å². The first kappa shape index (κ1) is 15.0. The van der Waals surface area contributed by atoms with Gasteiger partial charge >= 0.3 is 0 Å². The topological polar surface area (TPSA) is 12.0 Å². The number of nitrogens with one attached hydrogen (secondary N) is 1. The predicted octanol–water partition coefficient (Wildman–Crippen LogP) is 4.51. The van der Waals surface area contributed by atoms with Gasteiger partial charge in [-0.05, 0) is 39.5 Å². The molecule has 0 aliphatic rings. The minimum atomic E-state index is 0.328. The van der Waals surface area contributed by atoms with Gasteiger partial charge in [-0.3, -0.25) is 0 Å². The molecule has 0 saturated carbocycles. The molecule has 92 valence electrons. The Kier molecular flexibility index (Phi) is 6.51. The van der Waals surface area contributed by atoms with E-state index in [-0.39, 0.29) is 0 Å². The monoisotopic (exact) mass is 213 g/mol. The molecule has 0 fully saturated rings. The van der Waals surface area contributed by atoms with Gasteiger partial charge < -0.3 is 5.32 Å². The highest BCUT2D eigenvalue weighted by atomic mass is 15.0. The second-order valence-corrected chi connectivity index (χ2v) is 5.45. The van der Waals surface area contributed by atoms with Crippen LogP contribution in [-0.2, 0) is 0 Å². The molecule has 0 aromatic heterocycles. The first-order valence-electron chi connectivity index (χ1n) is 6.74. The van der Waals surface area contributed by atoms with E-state index in [9.17, 15) is 0 Å². The lowest BCUT2D eigenvalue weighted by atomic mass is 9.85. The van der Waals surface area contributed by atoms with Crippen LogP contribution in [0.3, 0.4) is 0 Å². The molecule has 0 heterocycles. The van der Waals surface area contributed by atoms with Crippen LogP contribution in [0.5, 0.6) is 0 Å². The molecule has 0 radical (unpaired) electrons. The second kappa shape index (κ2) is 6.52. The van der Waals surface area contributed by atoms with Crippen molar-refractivity contribution in [1.29, 1.82) is 0 Å². The normalized spacial score (nSPS) is 19.6. The predicted molar refractivity (Wildman–Crippen MR) is 70.3 cm³/mol. The van der Waals surface area contributed by atoms with E-state index in [1.54, 1.807) is 0 Å². The van der Waals surface area contributed by atoms with Gasteiger partial charge in [0.1, 0.15) is 0 Å². The van der Waals surface area contributed by atoms with Crippen molar-refractivity contribution in [3.05, 3.63) is 0 Å². The summed E-state index contributed by atoms with van der Waals surface area (Å²) < 4.78 is 0. The third kappa shape index (κ3) is 5.01. The quantitative estimate of drug-likeness (QED) is 0.625. The summed E-state index contributed by atoms with van der Waals surface area (Å²) in [6.07, 6.45) is 7.54. The van der Waals surface area contributed by atoms with Gasteiger partial charge in [-0.1, -0.05) is 40.5 Å². The molecule has 1 heteroatoms. The van der Waals surface area contributed by atoms with Crippen molar-refractivity contribution in [2.75, 3.05) is 0 Å². The van der Waals surface area contributed by atoms with E-state index >= 15 is 0 Å². The van der Waals surface area contributed by atoms with Gasteiger partial charge in [0.2, 0.25) is 0 Å². The molecular weight excluding hydrogens is 182 g/mol. The number of hydrogen-bond acceptors (Lipinski definition) is 1. The van der Waals surface area contributed by atoms with Crippen LogP contribution >= 0.6 is 0 Å². The fourth-order valence-electron chi connectivity index (χ4n) is 2.49. The molecule has 0 saturated heterocycles. The molecule has 1 nitrogen and oxygen atoms in total. The van der Waals surface area contributed by atoms with Crippen LogP contribution in [0, 0.1) is 0 Å². The molecule has 0 spiro atoms. The summed E-state index contributed by atoms with van der Waals surface area (Å²) in [7, 11) is 0. The summed E-state index contributed by atoms with van der Waals surface area (Å²) >= 11 is 0. The smallest absolute Gasteiger partial charge is 0.0155 e. The summed E-state index contributed by atoms with van der Waals surface area (Å²) in [5, 5.41) is 3.91. The average Bonchev–Trinajstić information content (AvgIpc) is 2.18. The van der Waals surface area contributed by atoms with E-state index < -0.39 is 0 Å². The Hall–Kier alpha value is -0.0400. The van der Waals surface area contributed by atoms with E-state index in [1.165, 1.54) is 38.5 Å². The molecular formula is C14H31N. The maximum absolute atomic E-state index is 3.91. The molecule has 15 heavy (non-hydrogen) atoms. The largest absolute Gasteiger partial charge is 0.306 e. The number of rotatable bonds is 8. The van der Waals surface area contributed by atoms with E-state index in [1.807, 2.05) is 0 Å². The molecule has 0 amide bonds. The lowest BCUT2D eigenvalue weighted by Crippen LogP contribution is -2.54. The first-order valence-corrected chi connectivity index (χ1v) is 6.74. The van der Waals surface area contributed by atoms with Crippen molar-refractivity contribution >= 4 is 0 Å². The van der Waals surface area contributed by atoms with E-state index in [0.29, 0.717) is 11.1 Å². The first-order chi connectivity index (χ1) is 6.95. The summed E-state index contributed by atoms with van der Waals surface area (Å²) in [6.45, 7) is 13.9. The van der Waals surface area contributed by atoms with Crippen LogP contribution in [-0.4, -0.2) is 11.1 Å². The Morgan fingerprint density at radius 1 is 0.733 bits per heavy atom. The fraction of sp³-hybridized carbons (Fsp3) is 1.00. The van der Waals surface area contributed by atoms with Crippen molar-refractivity contribution < 1.29 is 0 Å². The Morgan fingerprint density at radius 3 is 1.27 bits per heavy atom. The molecule has 0 aliphatic heterocycles. The summed E-state index contributed by atoms with van der Waals surface area (Å²) in [4.78, 5) is 0. The van der Waals surface area contributed by atoms with Crippen molar-refractivity contribution in [3.63, 3.8) is 0 Å². The molecule has 0 bridgehead atoms. The van der Waals surface area contributed by atoms with Gasteiger partial charge in [0, 0.05) is 11.1 Å². The second-order valence-electron chi connectivity index (χ2n) is 5.45. The average molecular weight is 213 g/mol. The molecule has 0 aromatic carbocycles. The Bertz CT molecular complexity index is 149. The Balaban J connectivity index is 4.47. The molecule has 0 aromatic rings. The molecule has 2 atom stereocenters. The maximum atomic E-state index is 3.91. The van der Waals surface area contributed by atoms with E-state index in [4.69, 9.17) is 0 Å². The maximum Gasteiger partial charge on any atom is 0.0155 e. The standard InChI is InChI=1S/C14H31N/c1-7-11-13(5,9-3)15-14(6,10-4)12-8-2/h15H,7-12H2,1-6H3. The minimum Gasteiger partial charge on any atom is -0.306 e. The lowest BCUT2D eigenvalue weighted by molar-refractivity contribution is 0.194. The fourth-order valence-corrected chi connectivity index (χ4v) is 2.49. The SMILES string of the molecule is CCCC(C)(CC)NC(C)(CC)CCC.